The highest BCUT2D eigenvalue weighted by Crippen LogP contribution is 2.29. The molecule has 0 bridgehead atoms. The summed E-state index contributed by atoms with van der Waals surface area (Å²) in [6, 6.07) is 6.99. The highest BCUT2D eigenvalue weighted by Gasteiger charge is 2.41. The van der Waals surface area contributed by atoms with Crippen LogP contribution in [0.25, 0.3) is 5.57 Å². The molecule has 4 rings (SSSR count). The number of nitrogens with one attached hydrogen (secondary N) is 3. The van der Waals surface area contributed by atoms with Crippen LogP contribution < -0.4 is 16.1 Å². The van der Waals surface area contributed by atoms with E-state index in [1.54, 1.807) is 16.4 Å². The number of benzene rings is 1. The second-order valence-corrected chi connectivity index (χ2v) is 9.81. The summed E-state index contributed by atoms with van der Waals surface area (Å²) in [6.45, 7) is 4.46. The van der Waals surface area contributed by atoms with Gasteiger partial charge in [-0.1, -0.05) is 12.1 Å². The van der Waals surface area contributed by atoms with Crippen LogP contribution >= 0.6 is 0 Å². The third kappa shape index (κ3) is 5.93. The summed E-state index contributed by atoms with van der Waals surface area (Å²) in [5, 5.41) is 24.5. The molecule has 3 unspecified atom stereocenters. The van der Waals surface area contributed by atoms with Crippen molar-refractivity contribution < 1.29 is 24.3 Å². The molecule has 2 fully saturated rings. The van der Waals surface area contributed by atoms with Crippen molar-refractivity contribution in [1.29, 1.82) is 5.26 Å². The van der Waals surface area contributed by atoms with Gasteiger partial charge in [0.25, 0.3) is 0 Å². The van der Waals surface area contributed by atoms with Gasteiger partial charge in [0.1, 0.15) is 0 Å². The van der Waals surface area contributed by atoms with Crippen LogP contribution in [0.4, 0.5) is 0 Å². The van der Waals surface area contributed by atoms with Gasteiger partial charge in [-0.3, -0.25) is 19.6 Å². The van der Waals surface area contributed by atoms with Crippen LogP contribution in [-0.2, 0) is 19.1 Å². The molecule has 3 amide bonds. The zero-order valence-electron chi connectivity index (χ0n) is 20.5. The molecule has 36 heavy (non-hydrogen) atoms. The minimum absolute atomic E-state index is 0.0185. The van der Waals surface area contributed by atoms with Gasteiger partial charge >= 0.3 is 0 Å². The van der Waals surface area contributed by atoms with Crippen LogP contribution in [0.15, 0.2) is 24.3 Å². The van der Waals surface area contributed by atoms with Crippen LogP contribution in [0.1, 0.15) is 42.4 Å². The van der Waals surface area contributed by atoms with Crippen LogP contribution in [0, 0.1) is 30.1 Å². The van der Waals surface area contributed by atoms with Crippen molar-refractivity contribution in [3.63, 3.8) is 0 Å². The normalized spacial score (nSPS) is 26.0. The quantitative estimate of drug-likeness (QED) is 0.339. The molecule has 3 heterocycles. The molecule has 0 saturated carbocycles. The highest BCUT2D eigenvalue weighted by atomic mass is 16.5. The molecule has 3 aliphatic heterocycles. The van der Waals surface area contributed by atoms with E-state index < -0.39 is 17.9 Å². The average Bonchev–Trinajstić information content (AvgIpc) is 3.40. The maximum absolute atomic E-state index is 13.4. The number of hydrogen-bond acceptors (Lipinski definition) is 7. The molecule has 192 valence electrons. The number of amides is 3. The Morgan fingerprint density at radius 3 is 2.81 bits per heavy atom. The number of ether oxygens (including phenoxy) is 1. The molecule has 2 saturated heterocycles. The summed E-state index contributed by atoms with van der Waals surface area (Å²) in [6.07, 6.45) is 4.02. The van der Waals surface area contributed by atoms with Gasteiger partial charge in [-0.25, -0.2) is 5.48 Å². The van der Waals surface area contributed by atoms with E-state index in [0.717, 1.165) is 23.1 Å². The first-order valence-corrected chi connectivity index (χ1v) is 12.4. The Kier molecular flexibility index (Phi) is 8.36. The zero-order chi connectivity index (χ0) is 25.7. The standard InChI is InChI=1S/C26H33N5O5/c1-16-10-17(13-27)2-3-21(16)19-4-7-31(8-5-19)26(34)24-22(25(33)30-35)11-18(14-28-24)12-23(32)29-20-6-9-36-15-20/h2-4,10,18,20,22,24,28,35H,5-9,11-12,14-15H2,1H3,(H,29,32)(H,30,33)/t18?,20-,22?,24?/m1/s1. The van der Waals surface area contributed by atoms with Crippen LogP contribution in [0.3, 0.4) is 0 Å². The lowest BCUT2D eigenvalue weighted by molar-refractivity contribution is -0.144. The van der Waals surface area contributed by atoms with Crippen molar-refractivity contribution in [3.05, 3.63) is 41.0 Å². The Bertz CT molecular complexity index is 1070. The van der Waals surface area contributed by atoms with E-state index in [4.69, 9.17) is 10.00 Å². The maximum Gasteiger partial charge on any atom is 0.248 e. The largest absolute Gasteiger partial charge is 0.379 e. The van der Waals surface area contributed by atoms with Gasteiger partial charge in [0, 0.05) is 26.1 Å². The van der Waals surface area contributed by atoms with E-state index in [0.29, 0.717) is 51.3 Å². The molecule has 0 aliphatic carbocycles. The molecule has 10 heteroatoms. The number of nitriles is 1. The molecule has 1 aromatic carbocycles. The first-order chi connectivity index (χ1) is 17.4. The van der Waals surface area contributed by atoms with Gasteiger partial charge in [0.05, 0.1) is 36.2 Å². The van der Waals surface area contributed by atoms with E-state index in [2.05, 4.69) is 16.7 Å². The Hall–Kier alpha value is -3.26. The number of nitrogens with zero attached hydrogens (tertiary/aromatic N) is 2. The molecule has 0 spiro atoms. The fraction of sp³-hybridized carbons (Fsp3) is 0.538. The van der Waals surface area contributed by atoms with Crippen molar-refractivity contribution in [2.75, 3.05) is 32.8 Å². The molecule has 4 atom stereocenters. The van der Waals surface area contributed by atoms with E-state index in [9.17, 15) is 19.6 Å². The van der Waals surface area contributed by atoms with Gasteiger partial charge in [0.2, 0.25) is 17.7 Å². The van der Waals surface area contributed by atoms with E-state index in [-0.39, 0.29) is 30.2 Å². The lowest BCUT2D eigenvalue weighted by Crippen LogP contribution is -2.59. The minimum atomic E-state index is -0.782. The van der Waals surface area contributed by atoms with Gasteiger partial charge in [-0.2, -0.15) is 5.26 Å². The third-order valence-corrected chi connectivity index (χ3v) is 7.32. The number of carbonyl (C=O) groups is 3. The Morgan fingerprint density at radius 2 is 2.17 bits per heavy atom. The van der Waals surface area contributed by atoms with Crippen LogP contribution in [-0.4, -0.2) is 72.8 Å². The molecule has 4 N–H and O–H groups in total. The zero-order valence-corrected chi connectivity index (χ0v) is 20.5. The number of aryl methyl sites for hydroxylation is 1. The number of rotatable bonds is 6. The summed E-state index contributed by atoms with van der Waals surface area (Å²) < 4.78 is 5.29. The molecule has 0 radical (unpaired) electrons. The molecule has 0 aromatic heterocycles. The predicted molar refractivity (Wildman–Crippen MR) is 130 cm³/mol. The number of carbonyl (C=O) groups excluding carboxylic acids is 3. The number of piperidine rings is 1. The molecular formula is C26H33N5O5. The first kappa shape index (κ1) is 25.8. The average molecular weight is 496 g/mol. The topological polar surface area (TPSA) is 144 Å². The van der Waals surface area contributed by atoms with Crippen molar-refractivity contribution in [1.82, 2.24) is 21.0 Å². The van der Waals surface area contributed by atoms with Gasteiger partial charge < -0.3 is 20.3 Å². The summed E-state index contributed by atoms with van der Waals surface area (Å²) >= 11 is 0. The smallest absolute Gasteiger partial charge is 0.248 e. The fourth-order valence-corrected chi connectivity index (χ4v) is 5.37. The summed E-state index contributed by atoms with van der Waals surface area (Å²) in [4.78, 5) is 40.0. The molecule has 1 aromatic rings. The molecule has 10 nitrogen and oxygen atoms in total. The lowest BCUT2D eigenvalue weighted by atomic mass is 9.81. The van der Waals surface area contributed by atoms with Crippen LogP contribution in [0.5, 0.6) is 0 Å². The monoisotopic (exact) mass is 495 g/mol. The number of hydrogen-bond donors (Lipinski definition) is 4. The summed E-state index contributed by atoms with van der Waals surface area (Å²) in [5.41, 5.74) is 5.53. The summed E-state index contributed by atoms with van der Waals surface area (Å²) in [7, 11) is 0. The Labute approximate surface area is 210 Å². The minimum Gasteiger partial charge on any atom is -0.379 e. The molecule has 3 aliphatic rings. The summed E-state index contributed by atoms with van der Waals surface area (Å²) in [5.74, 6) is -1.84. The van der Waals surface area contributed by atoms with Gasteiger partial charge in [0.15, 0.2) is 0 Å². The van der Waals surface area contributed by atoms with Crippen molar-refractivity contribution >= 4 is 23.3 Å². The maximum atomic E-state index is 13.4. The van der Waals surface area contributed by atoms with Crippen molar-refractivity contribution in [3.8, 4) is 6.07 Å². The first-order valence-electron chi connectivity index (χ1n) is 12.4. The Balaban J connectivity index is 1.37. The predicted octanol–water partition coefficient (Wildman–Crippen LogP) is 0.877. The SMILES string of the molecule is Cc1cc(C#N)ccc1C1=CCN(C(=O)C2NCC(CC(=O)N[C@@H]3CCOC3)CC2C(=O)NO)CC1. The number of hydroxylamine groups is 1. The highest BCUT2D eigenvalue weighted by molar-refractivity contribution is 5.90. The van der Waals surface area contributed by atoms with E-state index in [1.165, 1.54) is 0 Å². The fourth-order valence-electron chi connectivity index (χ4n) is 5.37. The Morgan fingerprint density at radius 1 is 1.33 bits per heavy atom. The second kappa shape index (κ2) is 11.6. The molecular weight excluding hydrogens is 462 g/mol. The van der Waals surface area contributed by atoms with E-state index in [1.807, 2.05) is 25.1 Å². The van der Waals surface area contributed by atoms with Gasteiger partial charge in [-0.05, 0) is 67.5 Å². The van der Waals surface area contributed by atoms with Gasteiger partial charge in [-0.15, -0.1) is 0 Å². The lowest BCUT2D eigenvalue weighted by Gasteiger charge is -2.38. The van der Waals surface area contributed by atoms with E-state index >= 15 is 0 Å². The third-order valence-electron chi connectivity index (χ3n) is 7.32. The van der Waals surface area contributed by atoms with Crippen molar-refractivity contribution in [2.24, 2.45) is 11.8 Å². The second-order valence-electron chi connectivity index (χ2n) is 9.81. The van der Waals surface area contributed by atoms with Crippen LogP contribution in [0.2, 0.25) is 0 Å². The van der Waals surface area contributed by atoms with Crippen molar-refractivity contribution in [2.45, 2.75) is 44.7 Å².